The van der Waals surface area contributed by atoms with Gasteiger partial charge in [-0.05, 0) is 20.2 Å². The summed E-state index contributed by atoms with van der Waals surface area (Å²) >= 11 is 0. The van der Waals surface area contributed by atoms with Crippen LogP contribution in [0.5, 0.6) is 5.88 Å². The van der Waals surface area contributed by atoms with E-state index in [-0.39, 0.29) is 5.84 Å². The van der Waals surface area contributed by atoms with E-state index in [0.29, 0.717) is 18.1 Å². The van der Waals surface area contributed by atoms with Gasteiger partial charge in [0, 0.05) is 6.54 Å². The highest BCUT2D eigenvalue weighted by atomic mass is 16.5. The molecule has 0 aliphatic heterocycles. The van der Waals surface area contributed by atoms with Crippen LogP contribution in [0, 0.1) is 5.41 Å². The third kappa shape index (κ3) is 3.51. The summed E-state index contributed by atoms with van der Waals surface area (Å²) in [5, 5.41) is 14.8. The van der Waals surface area contributed by atoms with E-state index in [4.69, 9.17) is 15.9 Å². The lowest BCUT2D eigenvalue weighted by molar-refractivity contribution is 0.251. The smallest absolute Gasteiger partial charge is 0.244 e. The lowest BCUT2D eigenvalue weighted by Crippen LogP contribution is -2.21. The first kappa shape index (κ1) is 11.4. The molecule has 0 aromatic carbocycles. The Morgan fingerprint density at radius 3 is 2.93 bits per heavy atom. The number of hydrogen-bond acceptors (Lipinski definition) is 5. The van der Waals surface area contributed by atoms with Gasteiger partial charge in [0.15, 0.2) is 0 Å². The van der Waals surface area contributed by atoms with Gasteiger partial charge in [0.2, 0.25) is 5.88 Å². The normalized spacial score (nSPS) is 10.3. The Hall–Kier alpha value is -1.69. The fraction of sp³-hybridized carbons (Fsp3) is 0.444. The second kappa shape index (κ2) is 5.26. The van der Waals surface area contributed by atoms with E-state index in [9.17, 15) is 0 Å². The topological polar surface area (TPSA) is 88.1 Å². The highest BCUT2D eigenvalue weighted by molar-refractivity contribution is 5.96. The van der Waals surface area contributed by atoms with Crippen LogP contribution < -0.4 is 10.5 Å². The van der Waals surface area contributed by atoms with Gasteiger partial charge in [-0.2, -0.15) is 5.10 Å². The van der Waals surface area contributed by atoms with Crippen LogP contribution in [0.15, 0.2) is 12.3 Å². The number of nitrogens with zero attached hydrogens (tertiary/aromatic N) is 3. The Morgan fingerprint density at radius 2 is 2.33 bits per heavy atom. The highest BCUT2D eigenvalue weighted by Gasteiger charge is 2.07. The molecule has 6 heteroatoms. The lowest BCUT2D eigenvalue weighted by Gasteiger charge is -2.11. The van der Waals surface area contributed by atoms with Gasteiger partial charge in [0.05, 0.1) is 11.8 Å². The minimum absolute atomic E-state index is 0.0650. The summed E-state index contributed by atoms with van der Waals surface area (Å²) in [5.74, 6) is 0.247. The average Bonchev–Trinajstić information content (AvgIpc) is 2.17. The van der Waals surface area contributed by atoms with Crippen molar-refractivity contribution >= 4 is 5.84 Å². The predicted molar refractivity (Wildman–Crippen MR) is 57.1 cm³/mol. The third-order valence-corrected chi connectivity index (χ3v) is 1.75. The van der Waals surface area contributed by atoms with Crippen molar-refractivity contribution in [3.05, 3.63) is 17.8 Å². The van der Waals surface area contributed by atoms with Crippen LogP contribution in [-0.2, 0) is 0 Å². The zero-order valence-corrected chi connectivity index (χ0v) is 8.90. The number of likely N-dealkylation sites (N-methyl/N-ethyl adjacent to an activating group) is 1. The molecule has 0 amide bonds. The zero-order chi connectivity index (χ0) is 11.3. The second-order valence-corrected chi connectivity index (χ2v) is 3.32. The average molecular weight is 209 g/mol. The van der Waals surface area contributed by atoms with E-state index in [1.165, 1.54) is 6.20 Å². The summed E-state index contributed by atoms with van der Waals surface area (Å²) in [4.78, 5) is 1.99. The van der Waals surface area contributed by atoms with Gasteiger partial charge < -0.3 is 15.4 Å². The van der Waals surface area contributed by atoms with Crippen molar-refractivity contribution in [3.8, 4) is 5.88 Å². The Kier molecular flexibility index (Phi) is 3.99. The van der Waals surface area contributed by atoms with Crippen LogP contribution in [0.1, 0.15) is 5.56 Å². The van der Waals surface area contributed by atoms with E-state index in [1.54, 1.807) is 6.07 Å². The van der Waals surface area contributed by atoms with E-state index in [2.05, 4.69) is 10.2 Å². The first-order valence-corrected chi connectivity index (χ1v) is 4.55. The second-order valence-electron chi connectivity index (χ2n) is 3.32. The van der Waals surface area contributed by atoms with Crippen molar-refractivity contribution in [3.63, 3.8) is 0 Å². The number of amidine groups is 1. The van der Waals surface area contributed by atoms with Gasteiger partial charge in [0.1, 0.15) is 12.4 Å². The number of hydrogen-bond donors (Lipinski definition) is 2. The molecular formula is C9H15N5O. The number of rotatable bonds is 5. The van der Waals surface area contributed by atoms with Crippen molar-refractivity contribution in [2.24, 2.45) is 5.73 Å². The number of nitrogens with two attached hydrogens (primary N) is 1. The molecule has 15 heavy (non-hydrogen) atoms. The number of aromatic nitrogens is 2. The third-order valence-electron chi connectivity index (χ3n) is 1.75. The largest absolute Gasteiger partial charge is 0.475 e. The molecule has 1 rings (SSSR count). The van der Waals surface area contributed by atoms with Crippen LogP contribution in [0.25, 0.3) is 0 Å². The van der Waals surface area contributed by atoms with E-state index in [0.717, 1.165) is 6.54 Å². The van der Waals surface area contributed by atoms with Crippen LogP contribution in [0.3, 0.4) is 0 Å². The van der Waals surface area contributed by atoms with Gasteiger partial charge in [-0.15, -0.1) is 5.10 Å². The van der Waals surface area contributed by atoms with Gasteiger partial charge in [-0.3, -0.25) is 5.41 Å². The molecule has 1 aromatic heterocycles. The fourth-order valence-electron chi connectivity index (χ4n) is 0.955. The van der Waals surface area contributed by atoms with Crippen molar-refractivity contribution < 1.29 is 4.74 Å². The van der Waals surface area contributed by atoms with Crippen LogP contribution >= 0.6 is 0 Å². The minimum Gasteiger partial charge on any atom is -0.475 e. The number of nitrogens with one attached hydrogen (secondary N) is 1. The maximum absolute atomic E-state index is 7.32. The van der Waals surface area contributed by atoms with Crippen molar-refractivity contribution in [2.75, 3.05) is 27.2 Å². The summed E-state index contributed by atoms with van der Waals surface area (Å²) in [6.45, 7) is 1.26. The summed E-state index contributed by atoms with van der Waals surface area (Å²) in [5.41, 5.74) is 5.85. The van der Waals surface area contributed by atoms with Crippen LogP contribution in [0.4, 0.5) is 0 Å². The minimum atomic E-state index is -0.0650. The first-order chi connectivity index (χ1) is 7.11. The maximum atomic E-state index is 7.32. The lowest BCUT2D eigenvalue weighted by atomic mass is 10.3. The number of nitrogen functional groups attached to an aromatic ring is 1. The standard InChI is InChI=1S/C9H15N5O/c1-14(2)5-6-15-9-7(8(10)11)3-4-12-13-9/h3-4H,5-6H2,1-2H3,(H3,10,11). The molecule has 6 nitrogen and oxygen atoms in total. The van der Waals surface area contributed by atoms with Gasteiger partial charge in [0.25, 0.3) is 0 Å². The Bertz CT molecular complexity index is 339. The molecule has 1 aromatic rings. The monoisotopic (exact) mass is 209 g/mol. The molecule has 0 unspecified atom stereocenters. The van der Waals surface area contributed by atoms with Crippen molar-refractivity contribution in [1.29, 1.82) is 5.41 Å². The van der Waals surface area contributed by atoms with E-state index >= 15 is 0 Å². The summed E-state index contributed by atoms with van der Waals surface area (Å²) < 4.78 is 5.37. The molecule has 0 aliphatic rings. The molecule has 0 bridgehead atoms. The first-order valence-electron chi connectivity index (χ1n) is 4.55. The molecule has 82 valence electrons. The summed E-state index contributed by atoms with van der Waals surface area (Å²) in [7, 11) is 3.90. The van der Waals surface area contributed by atoms with Gasteiger partial charge >= 0.3 is 0 Å². The van der Waals surface area contributed by atoms with Crippen LogP contribution in [-0.4, -0.2) is 48.2 Å². The van der Waals surface area contributed by atoms with E-state index in [1.807, 2.05) is 19.0 Å². The summed E-state index contributed by atoms with van der Waals surface area (Å²) in [6, 6.07) is 1.61. The molecule has 3 N–H and O–H groups in total. The molecule has 0 spiro atoms. The Labute approximate surface area is 88.6 Å². The molecular weight excluding hydrogens is 194 g/mol. The number of ether oxygens (including phenoxy) is 1. The van der Waals surface area contributed by atoms with Gasteiger partial charge in [-0.25, -0.2) is 0 Å². The Balaban J connectivity index is 2.63. The van der Waals surface area contributed by atoms with Crippen molar-refractivity contribution in [1.82, 2.24) is 15.1 Å². The molecule has 0 fully saturated rings. The molecule has 0 saturated carbocycles. The molecule has 0 atom stereocenters. The molecule has 0 radical (unpaired) electrons. The van der Waals surface area contributed by atoms with E-state index < -0.39 is 0 Å². The maximum Gasteiger partial charge on any atom is 0.244 e. The molecule has 1 heterocycles. The summed E-state index contributed by atoms with van der Waals surface area (Å²) in [6.07, 6.45) is 1.48. The highest BCUT2D eigenvalue weighted by Crippen LogP contribution is 2.11. The quantitative estimate of drug-likeness (QED) is 0.513. The molecule has 0 aliphatic carbocycles. The molecule has 0 saturated heterocycles. The fourth-order valence-corrected chi connectivity index (χ4v) is 0.955. The Morgan fingerprint density at radius 1 is 1.60 bits per heavy atom. The zero-order valence-electron chi connectivity index (χ0n) is 8.90. The van der Waals surface area contributed by atoms with Crippen molar-refractivity contribution in [2.45, 2.75) is 0 Å². The predicted octanol–water partition coefficient (Wildman–Crippen LogP) is -0.299. The van der Waals surface area contributed by atoms with Gasteiger partial charge in [-0.1, -0.05) is 0 Å². The SMILES string of the molecule is CN(C)CCOc1nnccc1C(=N)N. The van der Waals surface area contributed by atoms with Crippen LogP contribution in [0.2, 0.25) is 0 Å².